The van der Waals surface area contributed by atoms with Crippen molar-refractivity contribution in [1.82, 2.24) is 25.6 Å². The van der Waals surface area contributed by atoms with Gasteiger partial charge in [-0.25, -0.2) is 10.1 Å². The van der Waals surface area contributed by atoms with Crippen LogP contribution in [0.4, 0.5) is 5.69 Å². The number of tetrazole rings is 1. The van der Waals surface area contributed by atoms with Crippen LogP contribution in [-0.2, 0) is 0 Å². The zero-order valence-electron chi connectivity index (χ0n) is 12.9. The number of nitrogens with one attached hydrogen (secondary N) is 1. The molecule has 24 heavy (non-hydrogen) atoms. The fourth-order valence-electron chi connectivity index (χ4n) is 2.05. The molecular weight excluding hydrogens is 306 g/mol. The maximum atomic E-state index is 12.1. The summed E-state index contributed by atoms with van der Waals surface area (Å²) >= 11 is 0. The molecule has 3 rings (SSSR count). The number of amides is 1. The van der Waals surface area contributed by atoms with Crippen molar-refractivity contribution in [3.8, 4) is 5.69 Å². The molecule has 8 nitrogen and oxygen atoms in total. The minimum Gasteiger partial charge on any atom is -0.399 e. The van der Waals surface area contributed by atoms with Gasteiger partial charge < -0.3 is 5.73 Å². The minimum absolute atomic E-state index is 0.300. The van der Waals surface area contributed by atoms with Crippen LogP contribution in [0.2, 0.25) is 0 Å². The molecule has 8 heteroatoms. The number of carbonyl (C=O) groups excluding carboxylic acids is 1. The summed E-state index contributed by atoms with van der Waals surface area (Å²) in [5, 5.41) is 15.2. The molecule has 3 aromatic rings. The number of nitrogen functional groups attached to an aromatic ring is 1. The largest absolute Gasteiger partial charge is 0.399 e. The van der Waals surface area contributed by atoms with Crippen LogP contribution in [0, 0.1) is 0 Å². The second-order valence-electron chi connectivity index (χ2n) is 5.06. The first-order valence-corrected chi connectivity index (χ1v) is 7.17. The van der Waals surface area contributed by atoms with Gasteiger partial charge in [-0.15, -0.1) is 5.10 Å². The number of hydrazone groups is 1. The maximum Gasteiger partial charge on any atom is 0.271 e. The molecule has 0 unspecified atom stereocenters. The van der Waals surface area contributed by atoms with Crippen molar-refractivity contribution in [3.05, 3.63) is 66.0 Å². The number of carbonyl (C=O) groups is 1. The predicted octanol–water partition coefficient (Wildman–Crippen LogP) is 1.40. The van der Waals surface area contributed by atoms with Crippen LogP contribution in [-0.4, -0.2) is 31.8 Å². The van der Waals surface area contributed by atoms with Crippen LogP contribution in [0.5, 0.6) is 0 Å². The number of hydrogen-bond acceptors (Lipinski definition) is 6. The van der Waals surface area contributed by atoms with E-state index in [1.165, 1.54) is 6.33 Å². The molecule has 0 aliphatic rings. The topological polar surface area (TPSA) is 111 Å². The van der Waals surface area contributed by atoms with E-state index < -0.39 is 0 Å². The third kappa shape index (κ3) is 3.43. The first-order chi connectivity index (χ1) is 11.6. The number of nitrogens with two attached hydrogens (primary N) is 1. The van der Waals surface area contributed by atoms with Crippen molar-refractivity contribution in [2.75, 3.05) is 5.73 Å². The fraction of sp³-hybridized carbons (Fsp3) is 0.0625. The van der Waals surface area contributed by atoms with Gasteiger partial charge >= 0.3 is 0 Å². The summed E-state index contributed by atoms with van der Waals surface area (Å²) in [6.45, 7) is 1.81. The van der Waals surface area contributed by atoms with Gasteiger partial charge in [-0.05, 0) is 59.3 Å². The van der Waals surface area contributed by atoms with Gasteiger partial charge in [0.1, 0.15) is 6.33 Å². The molecule has 2 aromatic carbocycles. The van der Waals surface area contributed by atoms with Crippen molar-refractivity contribution in [2.45, 2.75) is 6.92 Å². The number of hydrogen-bond donors (Lipinski definition) is 2. The van der Waals surface area contributed by atoms with E-state index in [0.717, 1.165) is 11.3 Å². The number of nitrogens with zero attached hydrogens (tertiary/aromatic N) is 5. The Morgan fingerprint density at radius 2 is 1.96 bits per heavy atom. The molecule has 1 amide bonds. The van der Waals surface area contributed by atoms with E-state index in [9.17, 15) is 4.79 Å². The molecule has 0 fully saturated rings. The molecule has 0 radical (unpaired) electrons. The lowest BCUT2D eigenvalue weighted by atomic mass is 10.1. The van der Waals surface area contributed by atoms with Crippen LogP contribution in [0.15, 0.2) is 60.0 Å². The van der Waals surface area contributed by atoms with Gasteiger partial charge in [0, 0.05) is 11.3 Å². The number of anilines is 1. The zero-order chi connectivity index (χ0) is 16.9. The molecule has 0 saturated heterocycles. The quantitative estimate of drug-likeness (QED) is 0.428. The SMILES string of the molecule is C/C(=N/NC(=O)c1ccc(N)cc1)c1cccc(-n2cnnn2)c1. The normalized spacial score (nSPS) is 11.3. The molecule has 3 N–H and O–H groups in total. The van der Waals surface area contributed by atoms with E-state index >= 15 is 0 Å². The Bertz CT molecular complexity index is 870. The average molecular weight is 321 g/mol. The van der Waals surface area contributed by atoms with Crippen molar-refractivity contribution in [1.29, 1.82) is 0 Å². The second-order valence-corrected chi connectivity index (χ2v) is 5.06. The molecule has 120 valence electrons. The average Bonchev–Trinajstić information content (AvgIpc) is 3.15. The molecule has 0 bridgehead atoms. The lowest BCUT2D eigenvalue weighted by molar-refractivity contribution is 0.0955. The summed E-state index contributed by atoms with van der Waals surface area (Å²) in [5.74, 6) is -0.300. The van der Waals surface area contributed by atoms with E-state index in [2.05, 4.69) is 26.1 Å². The molecule has 1 heterocycles. The van der Waals surface area contributed by atoms with Crippen molar-refractivity contribution in [3.63, 3.8) is 0 Å². The maximum absolute atomic E-state index is 12.1. The summed E-state index contributed by atoms with van der Waals surface area (Å²) in [4.78, 5) is 12.1. The van der Waals surface area contributed by atoms with Gasteiger partial charge in [0.2, 0.25) is 0 Å². The summed E-state index contributed by atoms with van der Waals surface area (Å²) in [5.41, 5.74) is 11.5. The lowest BCUT2D eigenvalue weighted by Gasteiger charge is -2.05. The Kier molecular flexibility index (Phi) is 4.28. The number of rotatable bonds is 4. The van der Waals surface area contributed by atoms with Crippen LogP contribution in [0.3, 0.4) is 0 Å². The van der Waals surface area contributed by atoms with E-state index in [1.807, 2.05) is 31.2 Å². The minimum atomic E-state index is -0.300. The first-order valence-electron chi connectivity index (χ1n) is 7.17. The molecule has 1 aromatic heterocycles. The monoisotopic (exact) mass is 321 g/mol. The van der Waals surface area contributed by atoms with Crippen LogP contribution in [0.25, 0.3) is 5.69 Å². The van der Waals surface area contributed by atoms with Crippen LogP contribution < -0.4 is 11.2 Å². The summed E-state index contributed by atoms with van der Waals surface area (Å²) in [6, 6.07) is 14.1. The summed E-state index contributed by atoms with van der Waals surface area (Å²) in [6.07, 6.45) is 1.51. The molecule has 0 aliphatic carbocycles. The van der Waals surface area contributed by atoms with Gasteiger partial charge in [0.05, 0.1) is 11.4 Å². The van der Waals surface area contributed by atoms with Gasteiger partial charge in [0.25, 0.3) is 5.91 Å². The summed E-state index contributed by atoms with van der Waals surface area (Å²) < 4.78 is 1.55. The van der Waals surface area contributed by atoms with Crippen molar-refractivity contribution < 1.29 is 4.79 Å². The Balaban J connectivity index is 1.75. The van der Waals surface area contributed by atoms with Gasteiger partial charge in [-0.1, -0.05) is 12.1 Å². The third-order valence-electron chi connectivity index (χ3n) is 3.38. The Hall–Kier alpha value is -3.55. The Labute approximate surface area is 138 Å². The molecular formula is C16H15N7O. The standard InChI is InChI=1S/C16H15N7O/c1-11(19-20-16(24)12-5-7-14(17)8-6-12)13-3-2-4-15(9-13)23-10-18-21-22-23/h2-10H,17H2,1H3,(H,20,24)/b19-11-. The van der Waals surface area contributed by atoms with Crippen LogP contribution in [0.1, 0.15) is 22.8 Å². The van der Waals surface area contributed by atoms with Gasteiger partial charge in [-0.3, -0.25) is 4.79 Å². The highest BCUT2D eigenvalue weighted by Gasteiger charge is 2.06. The molecule has 0 spiro atoms. The van der Waals surface area contributed by atoms with Gasteiger partial charge in [0.15, 0.2) is 0 Å². The number of aromatic nitrogens is 4. The Morgan fingerprint density at radius 3 is 2.67 bits per heavy atom. The van der Waals surface area contributed by atoms with Crippen molar-refractivity contribution >= 4 is 17.3 Å². The third-order valence-corrected chi connectivity index (χ3v) is 3.38. The van der Waals surface area contributed by atoms with E-state index in [4.69, 9.17) is 5.73 Å². The highest BCUT2D eigenvalue weighted by atomic mass is 16.2. The van der Waals surface area contributed by atoms with Crippen molar-refractivity contribution in [2.24, 2.45) is 5.10 Å². The first kappa shape index (κ1) is 15.3. The predicted molar refractivity (Wildman–Crippen MR) is 89.7 cm³/mol. The smallest absolute Gasteiger partial charge is 0.271 e. The highest BCUT2D eigenvalue weighted by molar-refractivity contribution is 6.01. The second kappa shape index (κ2) is 6.69. The highest BCUT2D eigenvalue weighted by Crippen LogP contribution is 2.10. The van der Waals surface area contributed by atoms with Crippen LogP contribution >= 0.6 is 0 Å². The van der Waals surface area contributed by atoms with Gasteiger partial charge in [-0.2, -0.15) is 5.10 Å². The molecule has 0 atom stereocenters. The number of benzene rings is 2. The fourth-order valence-corrected chi connectivity index (χ4v) is 2.05. The van der Waals surface area contributed by atoms with E-state index in [1.54, 1.807) is 28.9 Å². The van der Waals surface area contributed by atoms with E-state index in [0.29, 0.717) is 17.0 Å². The summed E-state index contributed by atoms with van der Waals surface area (Å²) in [7, 11) is 0. The molecule has 0 aliphatic heterocycles. The molecule has 0 saturated carbocycles. The zero-order valence-corrected chi connectivity index (χ0v) is 12.9. The lowest BCUT2D eigenvalue weighted by Crippen LogP contribution is -2.19. The Morgan fingerprint density at radius 1 is 1.17 bits per heavy atom. The van der Waals surface area contributed by atoms with E-state index in [-0.39, 0.29) is 5.91 Å².